The molecule has 3 aliphatic rings. The fourth-order valence-electron chi connectivity index (χ4n) is 4.87. The third-order valence-corrected chi connectivity index (χ3v) is 6.46. The minimum absolute atomic E-state index is 0.560. The molecule has 2 heterocycles. The van der Waals surface area contributed by atoms with E-state index in [0.717, 1.165) is 24.5 Å². The molecule has 0 amide bonds. The molecular formula is C20H39N5. The minimum atomic E-state index is 0.560. The molecule has 5 heteroatoms. The first-order valence-corrected chi connectivity index (χ1v) is 10.6. The molecule has 0 aromatic rings. The van der Waals surface area contributed by atoms with Gasteiger partial charge in [0.25, 0.3) is 0 Å². The summed E-state index contributed by atoms with van der Waals surface area (Å²) in [7, 11) is 1.90. The number of guanidine groups is 1. The number of hydrogen-bond acceptors (Lipinski definition) is 3. The maximum absolute atomic E-state index is 4.47. The zero-order valence-corrected chi connectivity index (χ0v) is 16.6. The van der Waals surface area contributed by atoms with Crippen LogP contribution >= 0.6 is 0 Å². The predicted octanol–water partition coefficient (Wildman–Crippen LogP) is 2.29. The molecule has 2 aliphatic heterocycles. The highest BCUT2D eigenvalue weighted by molar-refractivity contribution is 5.80. The van der Waals surface area contributed by atoms with Crippen molar-refractivity contribution in [1.82, 2.24) is 20.4 Å². The van der Waals surface area contributed by atoms with Crippen molar-refractivity contribution in [2.24, 2.45) is 10.9 Å². The van der Waals surface area contributed by atoms with Gasteiger partial charge in [0.05, 0.1) is 0 Å². The first-order chi connectivity index (χ1) is 12.2. The predicted molar refractivity (Wildman–Crippen MR) is 106 cm³/mol. The van der Waals surface area contributed by atoms with Gasteiger partial charge in [-0.05, 0) is 58.4 Å². The number of likely N-dealkylation sites (tertiary alicyclic amines) is 2. The van der Waals surface area contributed by atoms with Crippen molar-refractivity contribution in [2.45, 2.75) is 76.9 Å². The molecule has 0 bridgehead atoms. The van der Waals surface area contributed by atoms with Crippen molar-refractivity contribution in [2.75, 3.05) is 39.8 Å². The van der Waals surface area contributed by atoms with Crippen molar-refractivity contribution < 1.29 is 0 Å². The van der Waals surface area contributed by atoms with Crippen LogP contribution < -0.4 is 10.6 Å². The van der Waals surface area contributed by atoms with Gasteiger partial charge in [-0.15, -0.1) is 0 Å². The number of piperidine rings is 1. The molecule has 144 valence electrons. The van der Waals surface area contributed by atoms with E-state index < -0.39 is 0 Å². The van der Waals surface area contributed by atoms with Crippen LogP contribution in [0.4, 0.5) is 0 Å². The minimum Gasteiger partial charge on any atom is -0.356 e. The lowest BCUT2D eigenvalue weighted by atomic mass is 9.97. The SMILES string of the molecule is CN=C(NCC1CCCN(C(C)C)C1)NC1CCN(C2CCCC2)C1. The Labute approximate surface area is 154 Å². The molecule has 3 rings (SSSR count). The van der Waals surface area contributed by atoms with E-state index in [-0.39, 0.29) is 0 Å². The molecule has 0 spiro atoms. The average molecular weight is 350 g/mol. The second-order valence-electron chi connectivity index (χ2n) is 8.61. The quantitative estimate of drug-likeness (QED) is 0.590. The summed E-state index contributed by atoms with van der Waals surface area (Å²) in [5.41, 5.74) is 0. The van der Waals surface area contributed by atoms with E-state index in [0.29, 0.717) is 12.1 Å². The van der Waals surface area contributed by atoms with Gasteiger partial charge in [0.1, 0.15) is 0 Å². The summed E-state index contributed by atoms with van der Waals surface area (Å²) in [5, 5.41) is 7.28. The second kappa shape index (κ2) is 9.22. The van der Waals surface area contributed by atoms with Gasteiger partial charge in [-0.3, -0.25) is 9.89 Å². The van der Waals surface area contributed by atoms with E-state index in [1.165, 1.54) is 71.1 Å². The Morgan fingerprint density at radius 1 is 1.04 bits per heavy atom. The van der Waals surface area contributed by atoms with Crippen LogP contribution in [0.25, 0.3) is 0 Å². The highest BCUT2D eigenvalue weighted by Gasteiger charge is 2.30. The van der Waals surface area contributed by atoms with Gasteiger partial charge >= 0.3 is 0 Å². The summed E-state index contributed by atoms with van der Waals surface area (Å²) in [4.78, 5) is 9.80. The van der Waals surface area contributed by atoms with Crippen molar-refractivity contribution in [3.05, 3.63) is 0 Å². The first-order valence-electron chi connectivity index (χ1n) is 10.6. The number of nitrogens with one attached hydrogen (secondary N) is 2. The van der Waals surface area contributed by atoms with Crippen LogP contribution in [0.2, 0.25) is 0 Å². The lowest BCUT2D eigenvalue weighted by Crippen LogP contribution is -2.48. The van der Waals surface area contributed by atoms with Gasteiger partial charge in [0.2, 0.25) is 0 Å². The molecule has 2 saturated heterocycles. The van der Waals surface area contributed by atoms with E-state index in [9.17, 15) is 0 Å². The molecule has 2 N–H and O–H groups in total. The third-order valence-electron chi connectivity index (χ3n) is 6.46. The molecule has 0 aromatic carbocycles. The maximum atomic E-state index is 4.47. The zero-order valence-electron chi connectivity index (χ0n) is 16.6. The Morgan fingerprint density at radius 2 is 1.84 bits per heavy atom. The fourth-order valence-corrected chi connectivity index (χ4v) is 4.87. The number of aliphatic imine (C=N–C) groups is 1. The Balaban J connectivity index is 1.39. The van der Waals surface area contributed by atoms with Gasteiger partial charge in [0, 0.05) is 51.4 Å². The van der Waals surface area contributed by atoms with Gasteiger partial charge in [-0.1, -0.05) is 12.8 Å². The van der Waals surface area contributed by atoms with Crippen molar-refractivity contribution in [3.63, 3.8) is 0 Å². The topological polar surface area (TPSA) is 42.9 Å². The van der Waals surface area contributed by atoms with Gasteiger partial charge in [-0.25, -0.2) is 0 Å². The highest BCUT2D eigenvalue weighted by atomic mass is 15.3. The smallest absolute Gasteiger partial charge is 0.191 e. The fraction of sp³-hybridized carbons (Fsp3) is 0.950. The standard InChI is InChI=1S/C20H39N5/c1-16(2)24-11-6-7-17(14-24)13-22-20(21-3)23-18-10-12-25(15-18)19-8-4-5-9-19/h16-19H,4-15H2,1-3H3,(H2,21,22,23). The van der Waals surface area contributed by atoms with E-state index >= 15 is 0 Å². The molecule has 0 radical (unpaired) electrons. The lowest BCUT2D eigenvalue weighted by molar-refractivity contribution is 0.141. The average Bonchev–Trinajstić information content (AvgIpc) is 3.30. The van der Waals surface area contributed by atoms with Crippen LogP contribution in [0.1, 0.15) is 58.8 Å². The number of rotatable bonds is 5. The number of hydrogen-bond donors (Lipinski definition) is 2. The van der Waals surface area contributed by atoms with E-state index in [4.69, 9.17) is 0 Å². The molecule has 5 nitrogen and oxygen atoms in total. The molecule has 25 heavy (non-hydrogen) atoms. The van der Waals surface area contributed by atoms with Crippen LogP contribution in [0.5, 0.6) is 0 Å². The van der Waals surface area contributed by atoms with Gasteiger partial charge in [-0.2, -0.15) is 0 Å². The lowest BCUT2D eigenvalue weighted by Gasteiger charge is -2.35. The largest absolute Gasteiger partial charge is 0.356 e. The van der Waals surface area contributed by atoms with E-state index in [1.807, 2.05) is 7.05 Å². The van der Waals surface area contributed by atoms with Crippen LogP contribution in [0, 0.1) is 5.92 Å². The van der Waals surface area contributed by atoms with Crippen molar-refractivity contribution in [1.29, 1.82) is 0 Å². The van der Waals surface area contributed by atoms with Gasteiger partial charge < -0.3 is 15.5 Å². The third kappa shape index (κ3) is 5.33. The van der Waals surface area contributed by atoms with Crippen LogP contribution in [0.15, 0.2) is 4.99 Å². The number of nitrogens with zero attached hydrogens (tertiary/aromatic N) is 3. The zero-order chi connectivity index (χ0) is 17.6. The maximum Gasteiger partial charge on any atom is 0.191 e. The summed E-state index contributed by atoms with van der Waals surface area (Å²) in [5.74, 6) is 1.74. The van der Waals surface area contributed by atoms with Crippen LogP contribution in [-0.2, 0) is 0 Å². The second-order valence-corrected chi connectivity index (χ2v) is 8.61. The van der Waals surface area contributed by atoms with Crippen molar-refractivity contribution >= 4 is 5.96 Å². The summed E-state index contributed by atoms with van der Waals surface area (Å²) < 4.78 is 0. The molecule has 0 aromatic heterocycles. The van der Waals surface area contributed by atoms with Crippen molar-refractivity contribution in [3.8, 4) is 0 Å². The molecule has 2 atom stereocenters. The van der Waals surface area contributed by atoms with E-state index in [1.54, 1.807) is 0 Å². The Morgan fingerprint density at radius 3 is 2.56 bits per heavy atom. The molecule has 1 saturated carbocycles. The van der Waals surface area contributed by atoms with E-state index in [2.05, 4.69) is 39.3 Å². The summed E-state index contributed by atoms with van der Waals surface area (Å²) in [6.45, 7) is 10.6. The highest BCUT2D eigenvalue weighted by Crippen LogP contribution is 2.26. The van der Waals surface area contributed by atoms with Crippen LogP contribution in [-0.4, -0.2) is 73.7 Å². The summed E-state index contributed by atoms with van der Waals surface area (Å²) in [6.07, 6.45) is 9.60. The summed E-state index contributed by atoms with van der Waals surface area (Å²) >= 11 is 0. The molecular weight excluding hydrogens is 310 g/mol. The normalized spacial score (nSPS) is 30.3. The Hall–Kier alpha value is -0.810. The first kappa shape index (κ1) is 19.0. The molecule has 2 unspecified atom stereocenters. The Bertz CT molecular complexity index is 430. The Kier molecular flexibility index (Phi) is 7.00. The summed E-state index contributed by atoms with van der Waals surface area (Å²) in [6, 6.07) is 2.08. The monoisotopic (exact) mass is 349 g/mol. The van der Waals surface area contributed by atoms with Gasteiger partial charge in [0.15, 0.2) is 5.96 Å². The molecule has 3 fully saturated rings. The van der Waals surface area contributed by atoms with Crippen LogP contribution in [0.3, 0.4) is 0 Å². The molecule has 1 aliphatic carbocycles.